The first-order chi connectivity index (χ1) is 11.0. The summed E-state index contributed by atoms with van der Waals surface area (Å²) in [5.74, 6) is 0.739. The van der Waals surface area contributed by atoms with Crippen LogP contribution in [0.3, 0.4) is 0 Å². The van der Waals surface area contributed by atoms with E-state index in [9.17, 15) is 4.79 Å². The number of benzene rings is 2. The number of hydrogen-bond acceptors (Lipinski definition) is 2. The van der Waals surface area contributed by atoms with E-state index >= 15 is 0 Å². The van der Waals surface area contributed by atoms with Gasteiger partial charge in [0.1, 0.15) is 5.75 Å². The normalized spacial score (nSPS) is 11.9. The van der Waals surface area contributed by atoms with Gasteiger partial charge in [-0.15, -0.1) is 0 Å². The summed E-state index contributed by atoms with van der Waals surface area (Å²) in [6.45, 7) is 8.22. The van der Waals surface area contributed by atoms with Crippen LogP contribution in [0.4, 0.5) is 0 Å². The van der Waals surface area contributed by atoms with Gasteiger partial charge >= 0.3 is 0 Å². The summed E-state index contributed by atoms with van der Waals surface area (Å²) in [5.41, 5.74) is 5.27. The highest BCUT2D eigenvalue weighted by molar-refractivity contribution is 5.94. The smallest absolute Gasteiger partial charge is 0.251 e. The Morgan fingerprint density at radius 3 is 2.35 bits per heavy atom. The maximum Gasteiger partial charge on any atom is 0.251 e. The summed E-state index contributed by atoms with van der Waals surface area (Å²) in [5, 5.41) is 3.13. The highest BCUT2D eigenvalue weighted by Crippen LogP contribution is 2.22. The lowest BCUT2D eigenvalue weighted by Crippen LogP contribution is -2.28. The molecule has 0 saturated heterocycles. The van der Waals surface area contributed by atoms with Gasteiger partial charge in [-0.1, -0.05) is 25.1 Å². The number of hydrogen-bond donors (Lipinski definition) is 1. The van der Waals surface area contributed by atoms with Crippen LogP contribution in [0.5, 0.6) is 5.75 Å². The largest absolute Gasteiger partial charge is 0.496 e. The first-order valence-corrected chi connectivity index (χ1v) is 7.99. The fraction of sp³-hybridized carbons (Fsp3) is 0.350. The Balaban J connectivity index is 2.19. The molecule has 0 heterocycles. The molecule has 0 bridgehead atoms. The molecule has 0 saturated carbocycles. The Hall–Kier alpha value is -2.29. The molecule has 23 heavy (non-hydrogen) atoms. The molecule has 2 aromatic rings. The summed E-state index contributed by atoms with van der Waals surface area (Å²) in [4.78, 5) is 12.5. The predicted molar refractivity (Wildman–Crippen MR) is 94.1 cm³/mol. The predicted octanol–water partition coefficient (Wildman–Crippen LogP) is 4.50. The second-order valence-electron chi connectivity index (χ2n) is 5.96. The minimum absolute atomic E-state index is 0.0178. The van der Waals surface area contributed by atoms with E-state index in [0.29, 0.717) is 5.56 Å². The highest BCUT2D eigenvalue weighted by Gasteiger charge is 2.15. The van der Waals surface area contributed by atoms with E-state index in [1.54, 1.807) is 13.2 Å². The Morgan fingerprint density at radius 2 is 1.78 bits per heavy atom. The lowest BCUT2D eigenvalue weighted by atomic mass is 9.99. The van der Waals surface area contributed by atoms with E-state index in [0.717, 1.165) is 23.3 Å². The average molecular weight is 311 g/mol. The maximum absolute atomic E-state index is 12.5. The molecule has 0 aliphatic rings. The Bertz CT molecular complexity index is 707. The number of ether oxygens (including phenoxy) is 1. The SMILES string of the molecule is CC[C@@H](NC(=O)c1ccc(OC)c(C)c1)c1ccc(C)c(C)c1. The van der Waals surface area contributed by atoms with E-state index in [4.69, 9.17) is 4.74 Å². The zero-order valence-corrected chi connectivity index (χ0v) is 14.6. The van der Waals surface area contributed by atoms with E-state index in [1.807, 2.05) is 19.1 Å². The fourth-order valence-corrected chi connectivity index (χ4v) is 2.66. The molecule has 2 rings (SSSR count). The number of methoxy groups -OCH3 is 1. The molecule has 0 spiro atoms. The van der Waals surface area contributed by atoms with Crippen molar-refractivity contribution in [3.8, 4) is 5.75 Å². The van der Waals surface area contributed by atoms with Gasteiger partial charge in [0, 0.05) is 5.56 Å². The van der Waals surface area contributed by atoms with E-state index in [1.165, 1.54) is 11.1 Å². The zero-order valence-electron chi connectivity index (χ0n) is 14.6. The van der Waals surface area contributed by atoms with Crippen molar-refractivity contribution >= 4 is 5.91 Å². The van der Waals surface area contributed by atoms with Crippen LogP contribution in [0.15, 0.2) is 36.4 Å². The third-order valence-electron chi connectivity index (χ3n) is 4.30. The second kappa shape index (κ2) is 7.32. The highest BCUT2D eigenvalue weighted by atomic mass is 16.5. The van der Waals surface area contributed by atoms with Crippen molar-refractivity contribution in [1.29, 1.82) is 0 Å². The van der Waals surface area contributed by atoms with Crippen molar-refractivity contribution in [1.82, 2.24) is 5.32 Å². The monoisotopic (exact) mass is 311 g/mol. The number of amides is 1. The lowest BCUT2D eigenvalue weighted by molar-refractivity contribution is 0.0935. The van der Waals surface area contributed by atoms with Gasteiger partial charge < -0.3 is 10.1 Å². The lowest BCUT2D eigenvalue weighted by Gasteiger charge is -2.19. The van der Waals surface area contributed by atoms with E-state index in [2.05, 4.69) is 44.3 Å². The van der Waals surface area contributed by atoms with Gasteiger partial charge in [0.05, 0.1) is 13.2 Å². The van der Waals surface area contributed by atoms with Crippen molar-refractivity contribution in [3.63, 3.8) is 0 Å². The standard InChI is InChI=1S/C20H25NO2/c1-6-18(16-8-7-13(2)14(3)11-16)21-20(22)17-9-10-19(23-5)15(4)12-17/h7-12,18H,6H2,1-5H3,(H,21,22)/t18-/m1/s1. The first-order valence-electron chi connectivity index (χ1n) is 7.99. The number of rotatable bonds is 5. The van der Waals surface area contributed by atoms with Crippen LogP contribution in [-0.4, -0.2) is 13.0 Å². The summed E-state index contributed by atoms with van der Waals surface area (Å²) >= 11 is 0. The van der Waals surface area contributed by atoms with Crippen LogP contribution in [0.2, 0.25) is 0 Å². The molecule has 0 aliphatic carbocycles. The van der Waals surface area contributed by atoms with Gasteiger partial charge in [0.15, 0.2) is 0 Å². The number of aryl methyl sites for hydroxylation is 3. The second-order valence-corrected chi connectivity index (χ2v) is 5.96. The molecule has 1 N–H and O–H groups in total. The molecular weight excluding hydrogens is 286 g/mol. The van der Waals surface area contributed by atoms with Crippen LogP contribution < -0.4 is 10.1 Å². The number of carbonyl (C=O) groups excluding carboxylic acids is 1. The molecule has 3 heteroatoms. The van der Waals surface area contributed by atoms with Crippen LogP contribution in [0.1, 0.15) is 52.0 Å². The van der Waals surface area contributed by atoms with Crippen LogP contribution in [0.25, 0.3) is 0 Å². The minimum Gasteiger partial charge on any atom is -0.496 e. The third-order valence-corrected chi connectivity index (χ3v) is 4.30. The quantitative estimate of drug-likeness (QED) is 0.883. The van der Waals surface area contributed by atoms with Gasteiger partial charge in [-0.2, -0.15) is 0 Å². The van der Waals surface area contributed by atoms with Crippen molar-refractivity contribution < 1.29 is 9.53 Å². The molecule has 3 nitrogen and oxygen atoms in total. The molecular formula is C20H25NO2. The fourth-order valence-electron chi connectivity index (χ4n) is 2.66. The molecule has 0 aliphatic heterocycles. The minimum atomic E-state index is -0.0548. The van der Waals surface area contributed by atoms with Crippen LogP contribution in [-0.2, 0) is 0 Å². The van der Waals surface area contributed by atoms with Crippen molar-refractivity contribution in [2.24, 2.45) is 0 Å². The van der Waals surface area contributed by atoms with Crippen LogP contribution >= 0.6 is 0 Å². The maximum atomic E-state index is 12.5. The summed E-state index contributed by atoms with van der Waals surface area (Å²) < 4.78 is 5.24. The molecule has 122 valence electrons. The van der Waals surface area contributed by atoms with Gasteiger partial charge in [0.25, 0.3) is 5.91 Å². The van der Waals surface area contributed by atoms with E-state index < -0.39 is 0 Å². The molecule has 2 aromatic carbocycles. The molecule has 0 radical (unpaired) electrons. The topological polar surface area (TPSA) is 38.3 Å². The van der Waals surface area contributed by atoms with Gasteiger partial charge in [-0.05, 0) is 67.6 Å². The molecule has 0 unspecified atom stereocenters. The Morgan fingerprint density at radius 1 is 1.04 bits per heavy atom. The third kappa shape index (κ3) is 3.92. The number of carbonyl (C=O) groups is 1. The Kier molecular flexibility index (Phi) is 5.43. The van der Waals surface area contributed by atoms with Crippen LogP contribution in [0, 0.1) is 20.8 Å². The van der Waals surface area contributed by atoms with Gasteiger partial charge in [0.2, 0.25) is 0 Å². The zero-order chi connectivity index (χ0) is 17.0. The van der Waals surface area contributed by atoms with Crippen molar-refractivity contribution in [2.75, 3.05) is 7.11 Å². The van der Waals surface area contributed by atoms with E-state index in [-0.39, 0.29) is 11.9 Å². The van der Waals surface area contributed by atoms with Crippen molar-refractivity contribution in [3.05, 3.63) is 64.2 Å². The average Bonchev–Trinajstić information content (AvgIpc) is 2.55. The molecule has 0 aromatic heterocycles. The summed E-state index contributed by atoms with van der Waals surface area (Å²) in [6.07, 6.45) is 0.851. The number of nitrogens with one attached hydrogen (secondary N) is 1. The van der Waals surface area contributed by atoms with Gasteiger partial charge in [-0.3, -0.25) is 4.79 Å². The van der Waals surface area contributed by atoms with Crippen molar-refractivity contribution in [2.45, 2.75) is 40.2 Å². The molecule has 1 atom stereocenters. The summed E-state index contributed by atoms with van der Waals surface area (Å²) in [7, 11) is 1.63. The van der Waals surface area contributed by atoms with Gasteiger partial charge in [-0.25, -0.2) is 0 Å². The molecule has 1 amide bonds. The molecule has 0 fully saturated rings. The Labute approximate surface area is 138 Å². The summed E-state index contributed by atoms with van der Waals surface area (Å²) in [6, 6.07) is 11.9. The first kappa shape index (κ1) is 17.1.